The Morgan fingerprint density at radius 1 is 1.37 bits per heavy atom. The molecule has 0 aliphatic heterocycles. The van der Waals surface area contributed by atoms with E-state index >= 15 is 0 Å². The highest BCUT2D eigenvalue weighted by atomic mass is 16.5. The predicted molar refractivity (Wildman–Crippen MR) is 75.2 cm³/mol. The molecule has 2 rings (SSSR count). The van der Waals surface area contributed by atoms with Gasteiger partial charge in [0.15, 0.2) is 0 Å². The Hall–Kier alpha value is -0.970. The number of pyridine rings is 1. The van der Waals surface area contributed by atoms with Crippen molar-refractivity contribution in [2.24, 2.45) is 0 Å². The summed E-state index contributed by atoms with van der Waals surface area (Å²) in [4.78, 5) is 4.53. The lowest BCUT2D eigenvalue weighted by molar-refractivity contribution is 0.0691. The van der Waals surface area contributed by atoms with Gasteiger partial charge in [0.05, 0.1) is 18.9 Å². The maximum absolute atomic E-state index is 5.45. The molecule has 106 valence electrons. The molecule has 0 amide bonds. The fourth-order valence-corrected chi connectivity index (χ4v) is 2.50. The molecule has 4 heteroatoms. The van der Waals surface area contributed by atoms with E-state index in [4.69, 9.17) is 9.47 Å². The number of ether oxygens (including phenoxy) is 2. The van der Waals surface area contributed by atoms with Crippen LogP contribution in [0.15, 0.2) is 18.3 Å². The largest absolute Gasteiger partial charge is 0.382 e. The van der Waals surface area contributed by atoms with Crippen LogP contribution in [0.5, 0.6) is 0 Å². The molecule has 1 atom stereocenters. The van der Waals surface area contributed by atoms with Gasteiger partial charge in [-0.15, -0.1) is 0 Å². The van der Waals surface area contributed by atoms with Gasteiger partial charge in [-0.2, -0.15) is 0 Å². The van der Waals surface area contributed by atoms with E-state index in [2.05, 4.69) is 16.4 Å². The van der Waals surface area contributed by atoms with Crippen molar-refractivity contribution in [3.8, 4) is 0 Å². The summed E-state index contributed by atoms with van der Waals surface area (Å²) in [6.07, 6.45) is 6.53. The minimum atomic E-state index is 0.420. The second-order valence-electron chi connectivity index (χ2n) is 4.91. The van der Waals surface area contributed by atoms with Crippen molar-refractivity contribution < 1.29 is 9.47 Å². The molecular formula is C15H24N2O2. The molecule has 1 aromatic heterocycles. The van der Waals surface area contributed by atoms with Crippen LogP contribution in [0.4, 0.5) is 0 Å². The molecule has 0 radical (unpaired) electrons. The first-order valence-corrected chi connectivity index (χ1v) is 7.15. The summed E-state index contributed by atoms with van der Waals surface area (Å²) in [6, 6.07) is 4.65. The van der Waals surface area contributed by atoms with Crippen molar-refractivity contribution in [2.45, 2.75) is 31.7 Å². The van der Waals surface area contributed by atoms with Gasteiger partial charge in [0, 0.05) is 26.0 Å². The van der Waals surface area contributed by atoms with E-state index in [9.17, 15) is 0 Å². The predicted octanol–water partition coefficient (Wildman–Crippen LogP) is 2.10. The van der Waals surface area contributed by atoms with Gasteiger partial charge in [0.2, 0.25) is 0 Å². The summed E-state index contributed by atoms with van der Waals surface area (Å²) in [7, 11) is 1.69. The Morgan fingerprint density at radius 3 is 3.21 bits per heavy atom. The number of rotatable bonds is 8. The average Bonchev–Trinajstić information content (AvgIpc) is 2.46. The third kappa shape index (κ3) is 4.56. The lowest BCUT2D eigenvalue weighted by Crippen LogP contribution is -2.27. The smallest absolute Gasteiger partial charge is 0.0700 e. The Labute approximate surface area is 115 Å². The van der Waals surface area contributed by atoms with E-state index in [1.54, 1.807) is 7.11 Å². The standard InChI is InChI=1S/C15H24N2O2/c1-18-11-12-19-10-4-9-16-14-7-2-5-13-6-3-8-17-15(13)14/h3,6,8,14,16H,2,4-5,7,9-12H2,1H3. The number of hydrogen-bond donors (Lipinski definition) is 1. The lowest BCUT2D eigenvalue weighted by Gasteiger charge is -2.25. The zero-order chi connectivity index (χ0) is 13.3. The molecule has 1 aromatic rings. The molecule has 19 heavy (non-hydrogen) atoms. The molecule has 4 nitrogen and oxygen atoms in total. The first-order chi connectivity index (χ1) is 9.42. The molecular weight excluding hydrogens is 240 g/mol. The topological polar surface area (TPSA) is 43.4 Å². The highest BCUT2D eigenvalue weighted by Gasteiger charge is 2.20. The van der Waals surface area contributed by atoms with Gasteiger partial charge >= 0.3 is 0 Å². The summed E-state index contributed by atoms with van der Waals surface area (Å²) in [5, 5.41) is 3.59. The van der Waals surface area contributed by atoms with E-state index in [1.807, 2.05) is 12.3 Å². The summed E-state index contributed by atoms with van der Waals surface area (Å²) < 4.78 is 10.4. The number of aromatic nitrogens is 1. The lowest BCUT2D eigenvalue weighted by atomic mass is 9.92. The van der Waals surface area contributed by atoms with E-state index in [0.29, 0.717) is 19.3 Å². The number of nitrogens with zero attached hydrogens (tertiary/aromatic N) is 1. The Kier molecular flexibility index (Phi) is 6.27. The Bertz CT molecular complexity index is 371. The van der Waals surface area contributed by atoms with Crippen LogP contribution in [0, 0.1) is 0 Å². The molecule has 0 bridgehead atoms. The minimum absolute atomic E-state index is 0.420. The quantitative estimate of drug-likeness (QED) is 0.730. The van der Waals surface area contributed by atoms with E-state index in [1.165, 1.54) is 30.5 Å². The van der Waals surface area contributed by atoms with E-state index in [0.717, 1.165) is 19.6 Å². The van der Waals surface area contributed by atoms with Crippen LogP contribution < -0.4 is 5.32 Å². The normalized spacial score (nSPS) is 18.3. The molecule has 1 aliphatic rings. The van der Waals surface area contributed by atoms with Crippen LogP contribution in [-0.2, 0) is 15.9 Å². The van der Waals surface area contributed by atoms with Crippen molar-refractivity contribution in [3.63, 3.8) is 0 Å². The monoisotopic (exact) mass is 264 g/mol. The Balaban J connectivity index is 1.67. The Morgan fingerprint density at radius 2 is 2.32 bits per heavy atom. The van der Waals surface area contributed by atoms with Crippen LogP contribution in [0.3, 0.4) is 0 Å². The zero-order valence-corrected chi connectivity index (χ0v) is 11.7. The molecule has 0 saturated heterocycles. The van der Waals surface area contributed by atoms with Crippen LogP contribution >= 0.6 is 0 Å². The second-order valence-corrected chi connectivity index (χ2v) is 4.91. The molecule has 0 spiro atoms. The number of nitrogens with one attached hydrogen (secondary N) is 1. The molecule has 0 aromatic carbocycles. The minimum Gasteiger partial charge on any atom is -0.382 e. The fraction of sp³-hybridized carbons (Fsp3) is 0.667. The highest BCUT2D eigenvalue weighted by Crippen LogP contribution is 2.27. The number of hydrogen-bond acceptors (Lipinski definition) is 4. The first-order valence-electron chi connectivity index (χ1n) is 7.15. The van der Waals surface area contributed by atoms with Crippen molar-refractivity contribution in [2.75, 3.05) is 33.5 Å². The van der Waals surface area contributed by atoms with E-state index in [-0.39, 0.29) is 0 Å². The maximum Gasteiger partial charge on any atom is 0.0700 e. The summed E-state index contributed by atoms with van der Waals surface area (Å²) in [6.45, 7) is 3.13. The number of fused-ring (bicyclic) bond motifs is 1. The maximum atomic E-state index is 5.45. The number of aryl methyl sites for hydroxylation is 1. The van der Waals surface area contributed by atoms with Crippen LogP contribution in [0.1, 0.15) is 36.6 Å². The van der Waals surface area contributed by atoms with Gasteiger partial charge in [0.1, 0.15) is 0 Å². The second kappa shape index (κ2) is 8.25. The van der Waals surface area contributed by atoms with Crippen molar-refractivity contribution in [1.82, 2.24) is 10.3 Å². The van der Waals surface area contributed by atoms with Gasteiger partial charge < -0.3 is 14.8 Å². The van der Waals surface area contributed by atoms with Gasteiger partial charge in [-0.25, -0.2) is 0 Å². The van der Waals surface area contributed by atoms with Crippen molar-refractivity contribution in [3.05, 3.63) is 29.6 Å². The average molecular weight is 264 g/mol. The van der Waals surface area contributed by atoms with Gasteiger partial charge in [-0.05, 0) is 43.9 Å². The van der Waals surface area contributed by atoms with Crippen LogP contribution in [-0.4, -0.2) is 38.5 Å². The molecule has 1 unspecified atom stereocenters. The summed E-state index contributed by atoms with van der Waals surface area (Å²) >= 11 is 0. The summed E-state index contributed by atoms with van der Waals surface area (Å²) in [5.41, 5.74) is 2.65. The van der Waals surface area contributed by atoms with Crippen LogP contribution in [0.25, 0.3) is 0 Å². The SMILES string of the molecule is COCCOCCCNC1CCCc2cccnc21. The van der Waals surface area contributed by atoms with Gasteiger partial charge in [0.25, 0.3) is 0 Å². The van der Waals surface area contributed by atoms with Crippen molar-refractivity contribution >= 4 is 0 Å². The third-order valence-corrected chi connectivity index (χ3v) is 3.48. The fourth-order valence-electron chi connectivity index (χ4n) is 2.50. The van der Waals surface area contributed by atoms with Gasteiger partial charge in [-0.3, -0.25) is 4.98 Å². The molecule has 1 aliphatic carbocycles. The summed E-state index contributed by atoms with van der Waals surface area (Å²) in [5.74, 6) is 0. The molecule has 0 saturated carbocycles. The van der Waals surface area contributed by atoms with Gasteiger partial charge in [-0.1, -0.05) is 6.07 Å². The molecule has 0 fully saturated rings. The first kappa shape index (κ1) is 14.4. The molecule has 1 heterocycles. The number of methoxy groups -OCH3 is 1. The van der Waals surface area contributed by atoms with Crippen molar-refractivity contribution in [1.29, 1.82) is 0 Å². The van der Waals surface area contributed by atoms with Crippen LogP contribution in [0.2, 0.25) is 0 Å². The molecule has 1 N–H and O–H groups in total. The third-order valence-electron chi connectivity index (χ3n) is 3.48. The highest BCUT2D eigenvalue weighted by molar-refractivity contribution is 5.25. The zero-order valence-electron chi connectivity index (χ0n) is 11.7. The van der Waals surface area contributed by atoms with E-state index < -0.39 is 0 Å².